The monoisotopic (exact) mass is 279 g/mol. The number of rotatable bonds is 8. The molecule has 0 bridgehead atoms. The first-order valence-electron chi connectivity index (χ1n) is 5.88. The van der Waals surface area contributed by atoms with Gasteiger partial charge in [-0.1, -0.05) is 36.4 Å². The SMILES string of the molecule is C=CCC(NC(=O)CSCc1ccccc1)C(=O)O. The van der Waals surface area contributed by atoms with Crippen molar-refractivity contribution in [2.45, 2.75) is 18.2 Å². The molecule has 1 rings (SSSR count). The Hall–Kier alpha value is -1.75. The zero-order chi connectivity index (χ0) is 14.1. The fourth-order valence-electron chi connectivity index (χ4n) is 1.46. The number of carboxylic acid groups (broad SMARTS) is 1. The molecule has 0 aliphatic heterocycles. The van der Waals surface area contributed by atoms with Crippen LogP contribution in [0.2, 0.25) is 0 Å². The largest absolute Gasteiger partial charge is 0.480 e. The number of nitrogens with one attached hydrogen (secondary N) is 1. The molecule has 0 aliphatic carbocycles. The van der Waals surface area contributed by atoms with Crippen molar-refractivity contribution in [2.75, 3.05) is 5.75 Å². The van der Waals surface area contributed by atoms with E-state index < -0.39 is 12.0 Å². The van der Waals surface area contributed by atoms with Crippen molar-refractivity contribution in [1.82, 2.24) is 5.32 Å². The number of carbonyl (C=O) groups is 2. The highest BCUT2D eigenvalue weighted by Gasteiger charge is 2.17. The molecule has 1 atom stereocenters. The first-order valence-corrected chi connectivity index (χ1v) is 7.03. The lowest BCUT2D eigenvalue weighted by Gasteiger charge is -2.12. The maximum absolute atomic E-state index is 11.6. The molecule has 0 heterocycles. The molecular formula is C14H17NO3S. The van der Waals surface area contributed by atoms with Gasteiger partial charge in [0.05, 0.1) is 5.75 Å². The summed E-state index contributed by atoms with van der Waals surface area (Å²) >= 11 is 1.46. The van der Waals surface area contributed by atoms with E-state index in [1.165, 1.54) is 17.8 Å². The third kappa shape index (κ3) is 6.10. The molecule has 0 aliphatic rings. The van der Waals surface area contributed by atoms with Gasteiger partial charge in [0, 0.05) is 5.75 Å². The van der Waals surface area contributed by atoms with Crippen molar-refractivity contribution < 1.29 is 14.7 Å². The molecule has 1 aromatic carbocycles. The van der Waals surface area contributed by atoms with Crippen molar-refractivity contribution in [3.63, 3.8) is 0 Å². The van der Waals surface area contributed by atoms with Crippen LogP contribution in [0.15, 0.2) is 43.0 Å². The van der Waals surface area contributed by atoms with Gasteiger partial charge >= 0.3 is 5.97 Å². The molecule has 0 radical (unpaired) electrons. The molecule has 0 aromatic heterocycles. The van der Waals surface area contributed by atoms with E-state index in [2.05, 4.69) is 11.9 Å². The van der Waals surface area contributed by atoms with Gasteiger partial charge < -0.3 is 10.4 Å². The number of thioether (sulfide) groups is 1. The van der Waals surface area contributed by atoms with Crippen LogP contribution in [0.5, 0.6) is 0 Å². The van der Waals surface area contributed by atoms with E-state index in [-0.39, 0.29) is 18.1 Å². The van der Waals surface area contributed by atoms with E-state index in [9.17, 15) is 9.59 Å². The van der Waals surface area contributed by atoms with Crippen LogP contribution >= 0.6 is 11.8 Å². The Morgan fingerprint density at radius 1 is 1.37 bits per heavy atom. The van der Waals surface area contributed by atoms with Crippen LogP contribution in [-0.2, 0) is 15.3 Å². The minimum absolute atomic E-state index is 0.227. The van der Waals surface area contributed by atoms with Gasteiger partial charge in [-0.25, -0.2) is 4.79 Å². The van der Waals surface area contributed by atoms with Gasteiger partial charge in [0.25, 0.3) is 0 Å². The molecule has 102 valence electrons. The van der Waals surface area contributed by atoms with E-state index in [0.29, 0.717) is 0 Å². The van der Waals surface area contributed by atoms with E-state index in [4.69, 9.17) is 5.11 Å². The third-order valence-electron chi connectivity index (χ3n) is 2.38. The summed E-state index contributed by atoms with van der Waals surface area (Å²) in [5, 5.41) is 11.4. The number of hydrogen-bond donors (Lipinski definition) is 2. The Morgan fingerprint density at radius 2 is 2.05 bits per heavy atom. The standard InChI is InChI=1S/C14H17NO3S/c1-2-6-12(14(17)18)15-13(16)10-19-9-11-7-4-3-5-8-11/h2-5,7-8,12H,1,6,9-10H2,(H,15,16)(H,17,18). The van der Waals surface area contributed by atoms with Gasteiger partial charge in [-0.15, -0.1) is 18.3 Å². The minimum atomic E-state index is -1.04. The molecule has 1 unspecified atom stereocenters. The summed E-state index contributed by atoms with van der Waals surface area (Å²) in [7, 11) is 0. The Balaban J connectivity index is 2.31. The number of benzene rings is 1. The van der Waals surface area contributed by atoms with Crippen molar-refractivity contribution in [1.29, 1.82) is 0 Å². The van der Waals surface area contributed by atoms with Gasteiger partial charge in [-0.2, -0.15) is 0 Å². The number of amides is 1. The minimum Gasteiger partial charge on any atom is -0.480 e. The fourth-order valence-corrected chi connectivity index (χ4v) is 2.26. The van der Waals surface area contributed by atoms with Crippen LogP contribution in [-0.4, -0.2) is 28.8 Å². The molecule has 5 heteroatoms. The van der Waals surface area contributed by atoms with Gasteiger partial charge in [0.2, 0.25) is 5.91 Å². The molecule has 0 saturated carbocycles. The molecule has 1 aromatic rings. The van der Waals surface area contributed by atoms with Crippen LogP contribution < -0.4 is 5.32 Å². The van der Waals surface area contributed by atoms with E-state index in [1.54, 1.807) is 0 Å². The van der Waals surface area contributed by atoms with Crippen molar-refractivity contribution in [3.05, 3.63) is 48.6 Å². The van der Waals surface area contributed by atoms with E-state index in [0.717, 1.165) is 11.3 Å². The first kappa shape index (κ1) is 15.3. The Kier molecular flexibility index (Phi) is 6.74. The second-order valence-corrected chi connectivity index (χ2v) is 4.95. The lowest BCUT2D eigenvalue weighted by molar-refractivity contribution is -0.141. The normalized spacial score (nSPS) is 11.6. The van der Waals surface area contributed by atoms with Gasteiger partial charge in [-0.05, 0) is 12.0 Å². The second-order valence-electron chi connectivity index (χ2n) is 3.96. The smallest absolute Gasteiger partial charge is 0.326 e. The van der Waals surface area contributed by atoms with Crippen molar-refractivity contribution in [3.8, 4) is 0 Å². The Labute approximate surface area is 116 Å². The summed E-state index contributed by atoms with van der Waals surface area (Å²) < 4.78 is 0. The summed E-state index contributed by atoms with van der Waals surface area (Å²) in [4.78, 5) is 22.4. The van der Waals surface area contributed by atoms with Gasteiger partial charge in [0.15, 0.2) is 0 Å². The summed E-state index contributed by atoms with van der Waals surface area (Å²) in [6.07, 6.45) is 1.71. The summed E-state index contributed by atoms with van der Waals surface area (Å²) in [6, 6.07) is 8.92. The second kappa shape index (κ2) is 8.37. The zero-order valence-electron chi connectivity index (χ0n) is 10.5. The van der Waals surface area contributed by atoms with Gasteiger partial charge in [0.1, 0.15) is 6.04 Å². The predicted octanol–water partition coefficient (Wildman–Crippen LogP) is 2.07. The average molecular weight is 279 g/mol. The molecule has 0 spiro atoms. The molecule has 1 amide bonds. The number of carbonyl (C=O) groups excluding carboxylic acids is 1. The number of hydrogen-bond acceptors (Lipinski definition) is 3. The van der Waals surface area contributed by atoms with Crippen LogP contribution in [0.25, 0.3) is 0 Å². The molecular weight excluding hydrogens is 262 g/mol. The number of carboxylic acids is 1. The topological polar surface area (TPSA) is 66.4 Å². The quantitative estimate of drug-likeness (QED) is 0.715. The van der Waals surface area contributed by atoms with Gasteiger partial charge in [-0.3, -0.25) is 4.79 Å². The lowest BCUT2D eigenvalue weighted by atomic mass is 10.2. The van der Waals surface area contributed by atoms with Crippen molar-refractivity contribution in [2.24, 2.45) is 0 Å². The molecule has 0 saturated heterocycles. The maximum atomic E-state index is 11.6. The van der Waals surface area contributed by atoms with Crippen LogP contribution in [0.3, 0.4) is 0 Å². The summed E-state index contributed by atoms with van der Waals surface area (Å²) in [6.45, 7) is 3.47. The lowest BCUT2D eigenvalue weighted by Crippen LogP contribution is -2.41. The molecule has 0 fully saturated rings. The summed E-state index contributed by atoms with van der Waals surface area (Å²) in [5.74, 6) is -0.333. The van der Waals surface area contributed by atoms with Crippen LogP contribution in [0.1, 0.15) is 12.0 Å². The average Bonchev–Trinajstić information content (AvgIpc) is 2.39. The van der Waals surface area contributed by atoms with E-state index in [1.807, 2.05) is 30.3 Å². The molecule has 2 N–H and O–H groups in total. The molecule has 4 nitrogen and oxygen atoms in total. The summed E-state index contributed by atoms with van der Waals surface area (Å²) in [5.41, 5.74) is 1.14. The Bertz CT molecular complexity index is 434. The van der Waals surface area contributed by atoms with E-state index >= 15 is 0 Å². The highest BCUT2D eigenvalue weighted by molar-refractivity contribution is 7.99. The highest BCUT2D eigenvalue weighted by atomic mass is 32.2. The number of aliphatic carboxylic acids is 1. The van der Waals surface area contributed by atoms with Crippen LogP contribution in [0, 0.1) is 0 Å². The zero-order valence-corrected chi connectivity index (χ0v) is 11.4. The first-order chi connectivity index (χ1) is 9.13. The highest BCUT2D eigenvalue weighted by Crippen LogP contribution is 2.11. The predicted molar refractivity (Wildman–Crippen MR) is 77.0 cm³/mol. The third-order valence-corrected chi connectivity index (χ3v) is 3.38. The van der Waals surface area contributed by atoms with Crippen LogP contribution in [0.4, 0.5) is 0 Å². The Morgan fingerprint density at radius 3 is 2.63 bits per heavy atom. The molecule has 19 heavy (non-hydrogen) atoms. The fraction of sp³-hybridized carbons (Fsp3) is 0.286. The maximum Gasteiger partial charge on any atom is 0.326 e. The van der Waals surface area contributed by atoms with Crippen molar-refractivity contribution >= 4 is 23.6 Å².